The minimum atomic E-state index is -1.70. The zero-order valence-electron chi connectivity index (χ0n) is 15.2. The molecule has 0 N–H and O–H groups in total. The fourth-order valence-corrected chi connectivity index (χ4v) is 5.19. The molecule has 0 fully saturated rings. The molecule has 0 bridgehead atoms. The highest BCUT2D eigenvalue weighted by Crippen LogP contribution is 2.46. The fraction of sp³-hybridized carbons (Fsp3) is 0.500. The molecule has 0 atom stereocenters. The van der Waals surface area contributed by atoms with Crippen molar-refractivity contribution in [1.29, 1.82) is 0 Å². The molecule has 23 heavy (non-hydrogen) atoms. The summed E-state index contributed by atoms with van der Waals surface area (Å²) in [6, 6.07) is 4.11. The first-order chi connectivity index (χ1) is 10.7. The summed E-state index contributed by atoms with van der Waals surface area (Å²) >= 11 is 0. The average molecular weight is 331 g/mol. The molecule has 0 aliphatic carbocycles. The van der Waals surface area contributed by atoms with Crippen molar-refractivity contribution in [1.82, 2.24) is 9.78 Å². The molecule has 3 rings (SSSR count). The van der Waals surface area contributed by atoms with Crippen molar-refractivity contribution in [2.45, 2.75) is 45.4 Å². The van der Waals surface area contributed by atoms with Crippen LogP contribution in [0.5, 0.6) is 11.5 Å². The lowest BCUT2D eigenvalue weighted by atomic mass is 10.1. The number of methoxy groups -OCH3 is 2. The molecule has 2 heterocycles. The van der Waals surface area contributed by atoms with Crippen molar-refractivity contribution >= 4 is 13.3 Å². The molecule has 0 radical (unpaired) electrons. The van der Waals surface area contributed by atoms with E-state index < -0.39 is 8.07 Å². The highest BCUT2D eigenvalue weighted by Gasteiger charge is 2.42. The van der Waals surface area contributed by atoms with Gasteiger partial charge >= 0.3 is 0 Å². The molecule has 5 heteroatoms. The summed E-state index contributed by atoms with van der Waals surface area (Å²) in [7, 11) is 1.70. The van der Waals surface area contributed by atoms with Crippen LogP contribution in [0.25, 0.3) is 11.3 Å². The van der Waals surface area contributed by atoms with Crippen molar-refractivity contribution in [3.05, 3.63) is 23.9 Å². The lowest BCUT2D eigenvalue weighted by Crippen LogP contribution is -2.49. The van der Waals surface area contributed by atoms with E-state index in [0.29, 0.717) is 0 Å². The minimum Gasteiger partial charge on any atom is -0.493 e. The topological polar surface area (TPSA) is 36.3 Å². The number of hydrogen-bond donors (Lipinski definition) is 0. The molecule has 4 nitrogen and oxygen atoms in total. The molecule has 0 spiro atoms. The molecule has 0 saturated carbocycles. The van der Waals surface area contributed by atoms with Gasteiger partial charge in [-0.3, -0.25) is 4.68 Å². The molecular formula is C18H26N2O2Si. The Balaban J connectivity index is 2.27. The van der Waals surface area contributed by atoms with Crippen LogP contribution in [0.15, 0.2) is 18.3 Å². The lowest BCUT2D eigenvalue weighted by molar-refractivity contribution is 0.356. The van der Waals surface area contributed by atoms with Gasteiger partial charge in [0.15, 0.2) is 11.5 Å². The number of aromatic nitrogens is 2. The Morgan fingerprint density at radius 2 is 1.83 bits per heavy atom. The largest absolute Gasteiger partial charge is 0.493 e. The summed E-state index contributed by atoms with van der Waals surface area (Å²) in [5.41, 5.74) is 3.64. The SMILES string of the molecule is COc1ccc2c(c1OC)-c1c([Si](C)(C)C(C)(C)C)cnn1C2. The Hall–Kier alpha value is -1.75. The van der Waals surface area contributed by atoms with Gasteiger partial charge in [0.1, 0.15) is 0 Å². The average Bonchev–Trinajstić information content (AvgIpc) is 3.03. The molecule has 124 valence electrons. The first-order valence-electron chi connectivity index (χ1n) is 8.03. The molecule has 0 amide bonds. The van der Waals surface area contributed by atoms with Crippen molar-refractivity contribution in [2.75, 3.05) is 14.2 Å². The van der Waals surface area contributed by atoms with E-state index in [0.717, 1.165) is 23.6 Å². The van der Waals surface area contributed by atoms with Crippen LogP contribution in [0.3, 0.4) is 0 Å². The maximum Gasteiger partial charge on any atom is 0.170 e. The summed E-state index contributed by atoms with van der Waals surface area (Å²) in [5.74, 6) is 1.60. The second-order valence-electron chi connectivity index (χ2n) is 7.77. The van der Waals surface area contributed by atoms with E-state index in [1.807, 2.05) is 6.07 Å². The summed E-state index contributed by atoms with van der Waals surface area (Å²) in [6.45, 7) is 12.7. The van der Waals surface area contributed by atoms with Crippen molar-refractivity contribution in [3.8, 4) is 22.8 Å². The maximum atomic E-state index is 5.71. The van der Waals surface area contributed by atoms with Crippen molar-refractivity contribution in [2.24, 2.45) is 0 Å². The van der Waals surface area contributed by atoms with E-state index in [1.54, 1.807) is 14.2 Å². The van der Waals surface area contributed by atoms with Gasteiger partial charge in [-0.25, -0.2) is 0 Å². The third-order valence-corrected chi connectivity index (χ3v) is 11.0. The van der Waals surface area contributed by atoms with Crippen LogP contribution in [0.2, 0.25) is 18.1 Å². The summed E-state index contributed by atoms with van der Waals surface area (Å²) in [5, 5.41) is 6.33. The minimum absolute atomic E-state index is 0.256. The van der Waals surface area contributed by atoms with Crippen LogP contribution >= 0.6 is 0 Å². The normalized spacial score (nSPS) is 13.7. The zero-order valence-corrected chi connectivity index (χ0v) is 16.2. The molecule has 1 aromatic heterocycles. The number of hydrogen-bond acceptors (Lipinski definition) is 3. The number of rotatable bonds is 3. The predicted molar refractivity (Wildman–Crippen MR) is 96.7 cm³/mol. The van der Waals surface area contributed by atoms with E-state index in [2.05, 4.69) is 55.9 Å². The Kier molecular flexibility index (Phi) is 3.59. The highest BCUT2D eigenvalue weighted by molar-refractivity contribution is 6.93. The first-order valence-corrected chi connectivity index (χ1v) is 11.0. The number of ether oxygens (including phenoxy) is 2. The second kappa shape index (κ2) is 5.13. The monoisotopic (exact) mass is 330 g/mol. The molecule has 2 aromatic rings. The Morgan fingerprint density at radius 1 is 1.13 bits per heavy atom. The standard InChI is InChI=1S/C18H26N2O2Si/c1-18(2,3)23(6,7)14-10-19-20-11-12-8-9-13(21-4)17(22-5)15(12)16(14)20/h8-10H,11H2,1-7H3. The Bertz CT molecular complexity index is 757. The zero-order chi connectivity index (χ0) is 17.0. The van der Waals surface area contributed by atoms with Crippen molar-refractivity contribution in [3.63, 3.8) is 0 Å². The van der Waals surface area contributed by atoms with Gasteiger partial charge in [-0.15, -0.1) is 0 Å². The van der Waals surface area contributed by atoms with E-state index in [-0.39, 0.29) is 5.04 Å². The van der Waals surface area contributed by atoms with E-state index in [4.69, 9.17) is 9.47 Å². The smallest absolute Gasteiger partial charge is 0.170 e. The second-order valence-corrected chi connectivity index (χ2v) is 13.1. The van der Waals surface area contributed by atoms with Gasteiger partial charge in [-0.05, 0) is 21.9 Å². The first kappa shape index (κ1) is 16.1. The van der Waals surface area contributed by atoms with Crippen LogP contribution in [-0.2, 0) is 6.54 Å². The van der Waals surface area contributed by atoms with E-state index >= 15 is 0 Å². The predicted octanol–water partition coefficient (Wildman–Crippen LogP) is 3.64. The molecule has 1 aliphatic heterocycles. The lowest BCUT2D eigenvalue weighted by Gasteiger charge is -2.37. The molecule has 1 aliphatic rings. The number of benzene rings is 1. The summed E-state index contributed by atoms with van der Waals surface area (Å²) < 4.78 is 13.3. The quantitative estimate of drug-likeness (QED) is 0.688. The third-order valence-electron chi connectivity index (χ3n) is 5.58. The van der Waals surface area contributed by atoms with Crippen molar-refractivity contribution < 1.29 is 9.47 Å². The van der Waals surface area contributed by atoms with Gasteiger partial charge in [0.25, 0.3) is 0 Å². The molecule has 1 aromatic carbocycles. The molecule has 0 saturated heterocycles. The third kappa shape index (κ3) is 2.21. The molecule has 0 unspecified atom stereocenters. The van der Waals surface area contributed by atoms with Crippen LogP contribution in [-0.4, -0.2) is 32.1 Å². The van der Waals surface area contributed by atoms with Gasteiger partial charge in [0, 0.05) is 6.20 Å². The fourth-order valence-electron chi connectivity index (χ4n) is 3.15. The maximum absolute atomic E-state index is 5.71. The van der Waals surface area contributed by atoms with Gasteiger partial charge in [0.2, 0.25) is 0 Å². The van der Waals surface area contributed by atoms with E-state index in [9.17, 15) is 0 Å². The highest BCUT2D eigenvalue weighted by atomic mass is 28.3. The van der Waals surface area contributed by atoms with Gasteiger partial charge in [-0.1, -0.05) is 39.9 Å². The van der Waals surface area contributed by atoms with Gasteiger partial charge < -0.3 is 9.47 Å². The van der Waals surface area contributed by atoms with Gasteiger partial charge in [-0.2, -0.15) is 5.10 Å². The van der Waals surface area contributed by atoms with Crippen LogP contribution in [0, 0.1) is 0 Å². The van der Waals surface area contributed by atoms with Crippen LogP contribution in [0.4, 0.5) is 0 Å². The van der Waals surface area contributed by atoms with Crippen LogP contribution < -0.4 is 14.7 Å². The van der Waals surface area contributed by atoms with Crippen LogP contribution in [0.1, 0.15) is 26.3 Å². The Labute approximate surface area is 139 Å². The van der Waals surface area contributed by atoms with Gasteiger partial charge in [0.05, 0.1) is 40.1 Å². The Morgan fingerprint density at radius 3 is 2.39 bits per heavy atom. The molecular weight excluding hydrogens is 304 g/mol. The number of fused-ring (bicyclic) bond motifs is 3. The summed E-state index contributed by atoms with van der Waals surface area (Å²) in [6.07, 6.45) is 2.08. The number of nitrogens with zero attached hydrogens (tertiary/aromatic N) is 2. The van der Waals surface area contributed by atoms with E-state index in [1.165, 1.54) is 16.4 Å². The summed E-state index contributed by atoms with van der Waals surface area (Å²) in [4.78, 5) is 0.